The van der Waals surface area contributed by atoms with Gasteiger partial charge in [-0.1, -0.05) is 22.9 Å². The third-order valence-electron chi connectivity index (χ3n) is 5.22. The molecule has 144 valence electrons. The van der Waals surface area contributed by atoms with Gasteiger partial charge in [0.05, 0.1) is 16.4 Å². The number of aromatic nitrogens is 2. The van der Waals surface area contributed by atoms with E-state index in [0.717, 1.165) is 15.6 Å². The molecule has 1 unspecified atom stereocenters. The van der Waals surface area contributed by atoms with Crippen molar-refractivity contribution in [1.29, 1.82) is 0 Å². The standard InChI is InChI=1S/C19H22BrN3O4/c1-10-5-15(10)27-17-14-6-11(20)3-4-13(14)18(25)23(22-17)9-16(24)21-12-7-19(2,26)8-12/h3-4,6,10,12,15,26H,5,7-9H2,1-2H3,(H,21,24)/t10?,12?,15-,19?/m1/s1. The summed E-state index contributed by atoms with van der Waals surface area (Å²) < 4.78 is 7.96. The molecule has 0 saturated heterocycles. The molecule has 2 aromatic rings. The lowest BCUT2D eigenvalue weighted by Crippen LogP contribution is -2.54. The monoisotopic (exact) mass is 435 g/mol. The van der Waals surface area contributed by atoms with Gasteiger partial charge in [0.1, 0.15) is 12.6 Å². The molecule has 1 amide bonds. The molecule has 4 rings (SSSR count). The summed E-state index contributed by atoms with van der Waals surface area (Å²) in [5.74, 6) is 0.538. The highest BCUT2D eigenvalue weighted by Crippen LogP contribution is 2.35. The number of carbonyl (C=O) groups excluding carboxylic acids is 1. The molecular weight excluding hydrogens is 414 g/mol. The molecule has 0 bridgehead atoms. The number of amides is 1. The summed E-state index contributed by atoms with van der Waals surface area (Å²) in [5.41, 5.74) is -1.05. The predicted molar refractivity (Wildman–Crippen MR) is 104 cm³/mol. The van der Waals surface area contributed by atoms with Crippen LogP contribution in [-0.4, -0.2) is 38.5 Å². The van der Waals surface area contributed by atoms with Crippen molar-refractivity contribution in [2.24, 2.45) is 5.92 Å². The molecule has 1 heterocycles. The van der Waals surface area contributed by atoms with Crippen molar-refractivity contribution < 1.29 is 14.6 Å². The van der Waals surface area contributed by atoms with Gasteiger partial charge in [-0.05, 0) is 50.3 Å². The van der Waals surface area contributed by atoms with E-state index in [9.17, 15) is 14.7 Å². The summed E-state index contributed by atoms with van der Waals surface area (Å²) in [6.07, 6.45) is 2.08. The van der Waals surface area contributed by atoms with E-state index in [4.69, 9.17) is 4.74 Å². The van der Waals surface area contributed by atoms with Crippen LogP contribution in [0.4, 0.5) is 0 Å². The molecule has 2 N–H and O–H groups in total. The van der Waals surface area contributed by atoms with Crippen LogP contribution in [0.15, 0.2) is 27.5 Å². The molecule has 0 spiro atoms. The van der Waals surface area contributed by atoms with E-state index in [1.54, 1.807) is 19.1 Å². The molecule has 1 aromatic heterocycles. The van der Waals surface area contributed by atoms with Gasteiger partial charge in [-0.25, -0.2) is 4.68 Å². The van der Waals surface area contributed by atoms with Crippen LogP contribution in [0.25, 0.3) is 10.8 Å². The zero-order chi connectivity index (χ0) is 19.3. The fourth-order valence-electron chi connectivity index (χ4n) is 3.53. The average Bonchev–Trinajstić information content (AvgIpc) is 3.25. The number of rotatable bonds is 5. The lowest BCUT2D eigenvalue weighted by molar-refractivity contribution is -0.125. The van der Waals surface area contributed by atoms with E-state index in [1.165, 1.54) is 0 Å². The molecule has 0 radical (unpaired) electrons. The van der Waals surface area contributed by atoms with Crippen molar-refractivity contribution in [2.45, 2.75) is 57.4 Å². The van der Waals surface area contributed by atoms with E-state index in [0.29, 0.717) is 35.4 Å². The largest absolute Gasteiger partial charge is 0.473 e. The van der Waals surface area contributed by atoms with E-state index in [1.807, 2.05) is 6.07 Å². The van der Waals surface area contributed by atoms with E-state index in [-0.39, 0.29) is 30.2 Å². The second-order valence-electron chi connectivity index (χ2n) is 8.00. The van der Waals surface area contributed by atoms with Gasteiger partial charge in [-0.3, -0.25) is 9.59 Å². The number of ether oxygens (including phenoxy) is 1. The molecule has 0 aliphatic heterocycles. The van der Waals surface area contributed by atoms with Crippen molar-refractivity contribution in [3.63, 3.8) is 0 Å². The van der Waals surface area contributed by atoms with Gasteiger partial charge < -0.3 is 15.2 Å². The molecule has 1 aromatic carbocycles. The highest BCUT2D eigenvalue weighted by atomic mass is 79.9. The number of nitrogens with zero attached hydrogens (tertiary/aromatic N) is 2. The Balaban J connectivity index is 1.60. The van der Waals surface area contributed by atoms with Gasteiger partial charge in [0, 0.05) is 10.5 Å². The lowest BCUT2D eigenvalue weighted by atomic mass is 9.77. The van der Waals surface area contributed by atoms with Crippen molar-refractivity contribution in [2.75, 3.05) is 0 Å². The molecule has 7 nitrogen and oxygen atoms in total. The van der Waals surface area contributed by atoms with E-state index in [2.05, 4.69) is 33.3 Å². The van der Waals surface area contributed by atoms with E-state index < -0.39 is 5.60 Å². The van der Waals surface area contributed by atoms with E-state index >= 15 is 0 Å². The highest BCUT2D eigenvalue weighted by molar-refractivity contribution is 9.10. The summed E-state index contributed by atoms with van der Waals surface area (Å²) in [4.78, 5) is 25.1. The van der Waals surface area contributed by atoms with Crippen LogP contribution in [0.1, 0.15) is 33.1 Å². The van der Waals surface area contributed by atoms with Crippen molar-refractivity contribution in [3.8, 4) is 5.88 Å². The van der Waals surface area contributed by atoms with Gasteiger partial charge in [0.15, 0.2) is 0 Å². The number of halogens is 1. The van der Waals surface area contributed by atoms with Crippen molar-refractivity contribution >= 4 is 32.6 Å². The van der Waals surface area contributed by atoms with Crippen LogP contribution in [-0.2, 0) is 11.3 Å². The topological polar surface area (TPSA) is 93.5 Å². The first-order valence-corrected chi connectivity index (χ1v) is 9.90. The molecule has 8 heteroatoms. The summed E-state index contributed by atoms with van der Waals surface area (Å²) in [6, 6.07) is 5.24. The van der Waals surface area contributed by atoms with Gasteiger partial charge >= 0.3 is 0 Å². The van der Waals surface area contributed by atoms with Crippen LogP contribution in [0.5, 0.6) is 5.88 Å². The molecule has 2 atom stereocenters. The van der Waals surface area contributed by atoms with Gasteiger partial charge in [0.25, 0.3) is 5.56 Å². The zero-order valence-electron chi connectivity index (χ0n) is 15.2. The summed E-state index contributed by atoms with van der Waals surface area (Å²) in [7, 11) is 0. The first kappa shape index (κ1) is 18.4. The first-order valence-electron chi connectivity index (χ1n) is 9.11. The lowest BCUT2D eigenvalue weighted by Gasteiger charge is -2.41. The number of nitrogens with one attached hydrogen (secondary N) is 1. The Bertz CT molecular complexity index is 963. The maximum Gasteiger partial charge on any atom is 0.275 e. The summed E-state index contributed by atoms with van der Waals surface area (Å²) >= 11 is 3.42. The minimum atomic E-state index is -0.717. The number of benzene rings is 1. The normalized spacial score (nSPS) is 29.3. The first-order chi connectivity index (χ1) is 12.7. The summed E-state index contributed by atoms with van der Waals surface area (Å²) in [5, 5.41) is 18.1. The van der Waals surface area contributed by atoms with Crippen LogP contribution in [0.2, 0.25) is 0 Å². The summed E-state index contributed by atoms with van der Waals surface area (Å²) in [6.45, 7) is 3.66. The second-order valence-corrected chi connectivity index (χ2v) is 8.91. The van der Waals surface area contributed by atoms with Crippen LogP contribution >= 0.6 is 15.9 Å². The second kappa shape index (κ2) is 6.60. The fourth-order valence-corrected chi connectivity index (χ4v) is 3.89. The van der Waals surface area contributed by atoms with Crippen LogP contribution < -0.4 is 15.6 Å². The number of aliphatic hydroxyl groups is 1. The smallest absolute Gasteiger partial charge is 0.275 e. The fraction of sp³-hybridized carbons (Fsp3) is 0.526. The number of carbonyl (C=O) groups is 1. The molecule has 27 heavy (non-hydrogen) atoms. The molecular formula is C19H22BrN3O4. The Morgan fingerprint density at radius 2 is 2.15 bits per heavy atom. The maximum atomic E-state index is 12.8. The minimum absolute atomic E-state index is 0.0670. The third-order valence-corrected chi connectivity index (χ3v) is 5.71. The molecule has 2 aliphatic rings. The SMILES string of the molecule is CC1C[C@H]1Oc1nn(CC(=O)NC2CC(C)(O)C2)c(=O)c2ccc(Br)cc12. The zero-order valence-corrected chi connectivity index (χ0v) is 16.8. The van der Waals surface area contributed by atoms with Crippen LogP contribution in [0, 0.1) is 5.92 Å². The molecule has 2 aliphatic carbocycles. The molecule has 2 saturated carbocycles. The third kappa shape index (κ3) is 3.87. The number of hydrogen-bond donors (Lipinski definition) is 2. The maximum absolute atomic E-state index is 12.8. The average molecular weight is 436 g/mol. The Kier molecular flexibility index (Phi) is 4.50. The minimum Gasteiger partial charge on any atom is -0.473 e. The molecule has 2 fully saturated rings. The number of hydrogen-bond acceptors (Lipinski definition) is 5. The van der Waals surface area contributed by atoms with Gasteiger partial charge in [-0.2, -0.15) is 0 Å². The number of fused-ring (bicyclic) bond motifs is 1. The quantitative estimate of drug-likeness (QED) is 0.748. The highest BCUT2D eigenvalue weighted by Gasteiger charge is 2.39. The Morgan fingerprint density at radius 3 is 2.78 bits per heavy atom. The van der Waals surface area contributed by atoms with Crippen molar-refractivity contribution in [1.82, 2.24) is 15.1 Å². The predicted octanol–water partition coefficient (Wildman–Crippen LogP) is 1.98. The van der Waals surface area contributed by atoms with Gasteiger partial charge in [0.2, 0.25) is 11.8 Å². The van der Waals surface area contributed by atoms with Crippen molar-refractivity contribution in [3.05, 3.63) is 33.0 Å². The Hall–Kier alpha value is -1.93. The Morgan fingerprint density at radius 1 is 1.44 bits per heavy atom. The Labute approximate surface area is 164 Å². The van der Waals surface area contributed by atoms with Gasteiger partial charge in [-0.15, -0.1) is 5.10 Å². The van der Waals surface area contributed by atoms with Crippen LogP contribution in [0.3, 0.4) is 0 Å².